The highest BCUT2D eigenvalue weighted by atomic mass is 35.5. The average molecular weight is 243 g/mol. The Kier molecular flexibility index (Phi) is 2.67. The fourth-order valence-corrected chi connectivity index (χ4v) is 1.73. The summed E-state index contributed by atoms with van der Waals surface area (Å²) >= 11 is 11.8. The summed E-state index contributed by atoms with van der Waals surface area (Å²) in [5.74, 6) is 0.649. The number of aromatic nitrogens is 2. The van der Waals surface area contributed by atoms with E-state index in [0.29, 0.717) is 16.3 Å². The molecule has 0 saturated carbocycles. The van der Waals surface area contributed by atoms with Crippen LogP contribution in [-0.2, 0) is 0 Å². The predicted molar refractivity (Wildman–Crippen MR) is 60.8 cm³/mol. The number of rotatable bonds is 1. The second-order valence-corrected chi connectivity index (χ2v) is 3.83. The van der Waals surface area contributed by atoms with Crippen LogP contribution in [0.5, 0.6) is 5.75 Å². The molecule has 3 nitrogen and oxygen atoms in total. The topological polar surface area (TPSA) is 35.0 Å². The molecule has 1 aromatic heterocycles. The van der Waals surface area contributed by atoms with E-state index >= 15 is 0 Å². The maximum Gasteiger partial charge on any atom is 0.223 e. The number of hydrogen-bond donors (Lipinski definition) is 0. The first-order chi connectivity index (χ1) is 7.13. The summed E-state index contributed by atoms with van der Waals surface area (Å²) in [5.41, 5.74) is 1.56. The first kappa shape index (κ1) is 10.5. The van der Waals surface area contributed by atoms with E-state index in [-0.39, 0.29) is 5.28 Å². The molecule has 2 aromatic rings. The third-order valence-corrected chi connectivity index (χ3v) is 2.83. The Hall–Kier alpha value is -1.06. The largest absolute Gasteiger partial charge is 0.494 e. The van der Waals surface area contributed by atoms with Gasteiger partial charge in [0.25, 0.3) is 0 Å². The third-order valence-electron chi connectivity index (χ3n) is 2.14. The number of ether oxygens (including phenoxy) is 1. The molecule has 1 heterocycles. The Labute approximate surface area is 97.0 Å². The summed E-state index contributed by atoms with van der Waals surface area (Å²) < 4.78 is 5.21. The summed E-state index contributed by atoms with van der Waals surface area (Å²) in [4.78, 5) is 7.99. The number of hydrogen-bond acceptors (Lipinski definition) is 3. The van der Waals surface area contributed by atoms with Gasteiger partial charge in [-0.1, -0.05) is 11.6 Å². The quantitative estimate of drug-likeness (QED) is 0.721. The van der Waals surface area contributed by atoms with Crippen molar-refractivity contribution in [3.05, 3.63) is 28.1 Å². The lowest BCUT2D eigenvalue weighted by Gasteiger charge is -2.08. The molecule has 0 radical (unpaired) electrons. The minimum Gasteiger partial charge on any atom is -0.494 e. The zero-order valence-corrected chi connectivity index (χ0v) is 9.73. The Morgan fingerprint density at radius 3 is 2.73 bits per heavy atom. The summed E-state index contributed by atoms with van der Waals surface area (Å²) in [6, 6.07) is 1.83. The van der Waals surface area contributed by atoms with E-state index in [0.717, 1.165) is 10.9 Å². The Morgan fingerprint density at radius 2 is 2.07 bits per heavy atom. The average Bonchev–Trinajstić information content (AvgIpc) is 2.23. The van der Waals surface area contributed by atoms with Crippen LogP contribution >= 0.6 is 23.2 Å². The van der Waals surface area contributed by atoms with Gasteiger partial charge in [-0.3, -0.25) is 0 Å². The monoisotopic (exact) mass is 242 g/mol. The first-order valence-electron chi connectivity index (χ1n) is 4.29. The maximum atomic E-state index is 6.13. The molecule has 0 aliphatic rings. The van der Waals surface area contributed by atoms with Crippen LogP contribution in [0.15, 0.2) is 12.3 Å². The molecular weight excluding hydrogens is 235 g/mol. The van der Waals surface area contributed by atoms with Crippen molar-refractivity contribution in [2.45, 2.75) is 6.92 Å². The molecule has 0 bridgehead atoms. The fourth-order valence-electron chi connectivity index (χ4n) is 1.41. The molecule has 0 fully saturated rings. The molecule has 1 aromatic carbocycles. The highest BCUT2D eigenvalue weighted by Gasteiger charge is 2.10. The van der Waals surface area contributed by atoms with E-state index < -0.39 is 0 Å². The number of aryl methyl sites for hydroxylation is 1. The van der Waals surface area contributed by atoms with Crippen molar-refractivity contribution in [2.24, 2.45) is 0 Å². The zero-order valence-electron chi connectivity index (χ0n) is 8.21. The van der Waals surface area contributed by atoms with Gasteiger partial charge in [-0.15, -0.1) is 0 Å². The lowest BCUT2D eigenvalue weighted by atomic mass is 10.1. The lowest BCUT2D eigenvalue weighted by Crippen LogP contribution is -1.92. The van der Waals surface area contributed by atoms with Crippen LogP contribution in [0.3, 0.4) is 0 Å². The van der Waals surface area contributed by atoms with E-state index in [1.165, 1.54) is 0 Å². The van der Waals surface area contributed by atoms with Gasteiger partial charge in [-0.05, 0) is 30.2 Å². The molecule has 5 heteroatoms. The van der Waals surface area contributed by atoms with Gasteiger partial charge in [0.1, 0.15) is 11.3 Å². The van der Waals surface area contributed by atoms with Crippen molar-refractivity contribution < 1.29 is 4.74 Å². The number of methoxy groups -OCH3 is 1. The van der Waals surface area contributed by atoms with E-state index in [1.807, 2.05) is 13.0 Å². The van der Waals surface area contributed by atoms with Gasteiger partial charge in [0.05, 0.1) is 12.1 Å². The van der Waals surface area contributed by atoms with Crippen LogP contribution in [0.2, 0.25) is 10.3 Å². The molecule has 0 N–H and O–H groups in total. The Balaban J connectivity index is 2.90. The van der Waals surface area contributed by atoms with Gasteiger partial charge < -0.3 is 4.74 Å². The van der Waals surface area contributed by atoms with Crippen molar-refractivity contribution >= 4 is 34.1 Å². The van der Waals surface area contributed by atoms with Crippen LogP contribution in [0.1, 0.15) is 5.56 Å². The van der Waals surface area contributed by atoms with Crippen molar-refractivity contribution in [1.29, 1.82) is 0 Å². The van der Waals surface area contributed by atoms with Crippen molar-refractivity contribution in [1.82, 2.24) is 9.97 Å². The van der Waals surface area contributed by atoms with Crippen LogP contribution < -0.4 is 4.74 Å². The normalized spacial score (nSPS) is 10.7. The van der Waals surface area contributed by atoms with Gasteiger partial charge in [-0.2, -0.15) is 0 Å². The van der Waals surface area contributed by atoms with Crippen molar-refractivity contribution in [2.75, 3.05) is 7.11 Å². The second-order valence-electron chi connectivity index (χ2n) is 3.11. The molecule has 0 unspecified atom stereocenters. The molecule has 0 atom stereocenters. The van der Waals surface area contributed by atoms with Crippen LogP contribution in [0.25, 0.3) is 10.9 Å². The minimum atomic E-state index is 0.181. The van der Waals surface area contributed by atoms with Crippen LogP contribution in [0.4, 0.5) is 0 Å². The highest BCUT2D eigenvalue weighted by Crippen LogP contribution is 2.32. The van der Waals surface area contributed by atoms with Crippen molar-refractivity contribution in [3.8, 4) is 5.75 Å². The lowest BCUT2D eigenvalue weighted by molar-refractivity contribution is 0.418. The first-order valence-corrected chi connectivity index (χ1v) is 5.04. The summed E-state index contributed by atoms with van der Waals surface area (Å²) in [6.07, 6.45) is 1.60. The third kappa shape index (κ3) is 1.73. The smallest absolute Gasteiger partial charge is 0.223 e. The standard InChI is InChI=1S/C10H8Cl2N2O/c1-5-3-7(15-2)9-6(8(5)11)4-13-10(12)14-9/h3-4H,1-2H3. The molecule has 0 spiro atoms. The maximum absolute atomic E-state index is 6.13. The molecule has 0 aliphatic heterocycles. The molecular formula is C10H8Cl2N2O. The Morgan fingerprint density at radius 1 is 1.33 bits per heavy atom. The molecule has 2 rings (SSSR count). The summed E-state index contributed by atoms with van der Waals surface area (Å²) in [7, 11) is 1.58. The zero-order chi connectivity index (χ0) is 11.0. The van der Waals surface area contributed by atoms with E-state index in [2.05, 4.69) is 9.97 Å². The van der Waals surface area contributed by atoms with Crippen molar-refractivity contribution in [3.63, 3.8) is 0 Å². The Bertz CT molecular complexity index is 528. The van der Waals surface area contributed by atoms with Gasteiger partial charge in [0, 0.05) is 11.6 Å². The number of halogens is 2. The number of nitrogens with zero attached hydrogens (tertiary/aromatic N) is 2. The van der Waals surface area contributed by atoms with Gasteiger partial charge in [-0.25, -0.2) is 9.97 Å². The molecule has 15 heavy (non-hydrogen) atoms. The summed E-state index contributed by atoms with van der Waals surface area (Å²) in [5, 5.41) is 1.56. The number of fused-ring (bicyclic) bond motifs is 1. The van der Waals surface area contributed by atoms with E-state index in [4.69, 9.17) is 27.9 Å². The summed E-state index contributed by atoms with van der Waals surface area (Å²) in [6.45, 7) is 1.90. The molecule has 78 valence electrons. The number of benzene rings is 1. The second kappa shape index (κ2) is 3.83. The SMILES string of the molecule is COc1cc(C)c(Cl)c2cnc(Cl)nc12. The van der Waals surface area contributed by atoms with E-state index in [9.17, 15) is 0 Å². The van der Waals surface area contributed by atoms with Gasteiger partial charge in [0.2, 0.25) is 5.28 Å². The van der Waals surface area contributed by atoms with Crippen LogP contribution in [-0.4, -0.2) is 17.1 Å². The van der Waals surface area contributed by atoms with Gasteiger partial charge in [0.15, 0.2) is 0 Å². The van der Waals surface area contributed by atoms with Gasteiger partial charge >= 0.3 is 0 Å². The molecule has 0 aliphatic carbocycles. The molecule has 0 saturated heterocycles. The highest BCUT2D eigenvalue weighted by molar-refractivity contribution is 6.36. The fraction of sp³-hybridized carbons (Fsp3) is 0.200. The minimum absolute atomic E-state index is 0.181. The molecule has 0 amide bonds. The van der Waals surface area contributed by atoms with Crippen LogP contribution in [0, 0.1) is 6.92 Å². The van der Waals surface area contributed by atoms with E-state index in [1.54, 1.807) is 13.3 Å². The predicted octanol–water partition coefficient (Wildman–Crippen LogP) is 3.25.